The zero-order chi connectivity index (χ0) is 24.9. The second-order valence-electron chi connectivity index (χ2n) is 8.35. The summed E-state index contributed by atoms with van der Waals surface area (Å²) >= 11 is 6.30. The Morgan fingerprint density at radius 1 is 0.971 bits per heavy atom. The van der Waals surface area contributed by atoms with Gasteiger partial charge in [-0.15, -0.1) is 0 Å². The summed E-state index contributed by atoms with van der Waals surface area (Å²) in [6.45, 7) is 6.52. The molecule has 1 heterocycles. The minimum absolute atomic E-state index is 0.142. The first-order valence-electron chi connectivity index (χ1n) is 11.6. The highest BCUT2D eigenvalue weighted by Gasteiger charge is 2.28. The molecule has 0 radical (unpaired) electrons. The van der Waals surface area contributed by atoms with Gasteiger partial charge in [0.2, 0.25) is 5.91 Å². The molecule has 1 saturated heterocycles. The number of benzene rings is 2. The van der Waals surface area contributed by atoms with Crippen LogP contribution in [0.3, 0.4) is 0 Å². The topological polar surface area (TPSA) is 98.2 Å². The minimum atomic E-state index is -1.82. The van der Waals surface area contributed by atoms with Crippen molar-refractivity contribution in [3.8, 4) is 0 Å². The van der Waals surface area contributed by atoms with Crippen LogP contribution in [0.1, 0.15) is 43.7 Å². The fraction of sp³-hybridized carbons (Fsp3) is 0.423. The van der Waals surface area contributed by atoms with E-state index in [-0.39, 0.29) is 5.92 Å². The zero-order valence-electron chi connectivity index (χ0n) is 19.5. The van der Waals surface area contributed by atoms with E-state index in [0.717, 1.165) is 63.4 Å². The Balaban J connectivity index is 0.000000604. The van der Waals surface area contributed by atoms with Gasteiger partial charge in [-0.05, 0) is 49.5 Å². The smallest absolute Gasteiger partial charge is 0.414 e. The highest BCUT2D eigenvalue weighted by atomic mass is 35.5. The Morgan fingerprint density at radius 2 is 1.56 bits per heavy atom. The van der Waals surface area contributed by atoms with Crippen molar-refractivity contribution in [2.45, 2.75) is 45.7 Å². The van der Waals surface area contributed by atoms with Crippen molar-refractivity contribution >= 4 is 29.4 Å². The molecular weight excluding hydrogens is 456 g/mol. The second-order valence-corrected chi connectivity index (χ2v) is 8.76. The number of piperidine rings is 1. The maximum Gasteiger partial charge on any atom is 0.414 e. The van der Waals surface area contributed by atoms with Crippen LogP contribution in [-0.4, -0.2) is 57.5 Å². The van der Waals surface area contributed by atoms with Gasteiger partial charge in [-0.25, -0.2) is 9.59 Å². The molecule has 0 saturated carbocycles. The highest BCUT2D eigenvalue weighted by molar-refractivity contribution is 6.31. The predicted molar refractivity (Wildman–Crippen MR) is 131 cm³/mol. The average Bonchev–Trinajstić information content (AvgIpc) is 2.84. The number of amides is 1. The lowest BCUT2D eigenvalue weighted by atomic mass is 9.94. The third-order valence-electron chi connectivity index (χ3n) is 5.78. The number of aliphatic carboxylic acids is 2. The van der Waals surface area contributed by atoms with E-state index in [9.17, 15) is 4.79 Å². The number of rotatable bonds is 8. The van der Waals surface area contributed by atoms with Gasteiger partial charge in [0.05, 0.1) is 0 Å². The van der Waals surface area contributed by atoms with E-state index < -0.39 is 11.9 Å². The molecule has 0 atom stereocenters. The fourth-order valence-corrected chi connectivity index (χ4v) is 4.08. The molecule has 1 amide bonds. The summed E-state index contributed by atoms with van der Waals surface area (Å²) in [6.07, 6.45) is 4.03. The van der Waals surface area contributed by atoms with Crippen LogP contribution in [0.25, 0.3) is 0 Å². The van der Waals surface area contributed by atoms with E-state index >= 15 is 0 Å². The van der Waals surface area contributed by atoms with Gasteiger partial charge in [0.25, 0.3) is 0 Å². The van der Waals surface area contributed by atoms with Crippen LogP contribution in [-0.2, 0) is 27.5 Å². The maximum absolute atomic E-state index is 13.2. The number of carbonyl (C=O) groups excluding carboxylic acids is 1. The third kappa shape index (κ3) is 9.15. The van der Waals surface area contributed by atoms with E-state index in [2.05, 4.69) is 34.9 Å². The zero-order valence-corrected chi connectivity index (χ0v) is 20.3. The monoisotopic (exact) mass is 488 g/mol. The van der Waals surface area contributed by atoms with Crippen molar-refractivity contribution in [2.75, 3.05) is 19.6 Å². The normalized spacial score (nSPS) is 14.1. The Morgan fingerprint density at radius 3 is 2.12 bits per heavy atom. The number of hydrogen-bond donors (Lipinski definition) is 2. The van der Waals surface area contributed by atoms with Gasteiger partial charge in [0.15, 0.2) is 0 Å². The van der Waals surface area contributed by atoms with E-state index in [1.807, 2.05) is 36.4 Å². The van der Waals surface area contributed by atoms with Gasteiger partial charge >= 0.3 is 11.9 Å². The van der Waals surface area contributed by atoms with Crippen molar-refractivity contribution < 1.29 is 24.6 Å². The number of hydrogen-bond acceptors (Lipinski definition) is 4. The van der Waals surface area contributed by atoms with Gasteiger partial charge in [0.1, 0.15) is 0 Å². The van der Waals surface area contributed by atoms with E-state index in [1.165, 1.54) is 11.1 Å². The van der Waals surface area contributed by atoms with Crippen LogP contribution in [0.5, 0.6) is 0 Å². The summed E-state index contributed by atoms with van der Waals surface area (Å²) in [5.41, 5.74) is 2.38. The summed E-state index contributed by atoms with van der Waals surface area (Å²) in [5.74, 6) is -3.18. The summed E-state index contributed by atoms with van der Waals surface area (Å²) < 4.78 is 0. The molecule has 1 fully saturated rings. The van der Waals surface area contributed by atoms with E-state index in [1.54, 1.807) is 0 Å². The fourth-order valence-electron chi connectivity index (χ4n) is 3.88. The number of nitrogens with zero attached hydrogens (tertiary/aromatic N) is 2. The first kappa shape index (κ1) is 27.3. The molecule has 34 heavy (non-hydrogen) atoms. The summed E-state index contributed by atoms with van der Waals surface area (Å²) in [5, 5.41) is 15.6. The first-order valence-corrected chi connectivity index (χ1v) is 11.9. The number of carbonyl (C=O) groups is 3. The molecule has 0 unspecified atom stereocenters. The SMILES string of the molecule is CCCCN(Cc1ccccc1)C(=O)C1CCN(Cc2ccccc2Cl)CC1.O=C(O)C(=O)O. The molecule has 8 heteroatoms. The predicted octanol–water partition coefficient (Wildman–Crippen LogP) is 4.54. The van der Waals surface area contributed by atoms with Gasteiger partial charge in [-0.2, -0.15) is 0 Å². The Labute approximate surface area is 205 Å². The van der Waals surface area contributed by atoms with E-state index in [0.29, 0.717) is 5.91 Å². The molecule has 0 aromatic heterocycles. The molecule has 0 bridgehead atoms. The number of halogens is 1. The molecule has 2 aromatic rings. The van der Waals surface area contributed by atoms with Crippen molar-refractivity contribution in [1.29, 1.82) is 0 Å². The van der Waals surface area contributed by atoms with Crippen LogP contribution in [0.4, 0.5) is 0 Å². The highest BCUT2D eigenvalue weighted by Crippen LogP contribution is 2.24. The van der Waals surface area contributed by atoms with Crippen molar-refractivity contribution in [3.05, 3.63) is 70.7 Å². The maximum atomic E-state index is 13.2. The summed E-state index contributed by atoms with van der Waals surface area (Å²) in [4.78, 5) is 35.9. The largest absolute Gasteiger partial charge is 0.473 e. The van der Waals surface area contributed by atoms with E-state index in [4.69, 9.17) is 31.4 Å². The molecule has 1 aliphatic heterocycles. The van der Waals surface area contributed by atoms with Gasteiger partial charge in [0, 0.05) is 30.6 Å². The molecule has 0 aliphatic carbocycles. The van der Waals surface area contributed by atoms with Gasteiger partial charge in [-0.1, -0.05) is 73.5 Å². The van der Waals surface area contributed by atoms with Crippen molar-refractivity contribution in [3.63, 3.8) is 0 Å². The lowest BCUT2D eigenvalue weighted by Crippen LogP contribution is -2.42. The van der Waals surface area contributed by atoms with Crippen LogP contribution < -0.4 is 0 Å². The first-order chi connectivity index (χ1) is 16.3. The van der Waals surface area contributed by atoms with Crippen LogP contribution >= 0.6 is 11.6 Å². The number of unbranched alkanes of at least 4 members (excludes halogenated alkanes) is 1. The number of carboxylic acids is 2. The molecule has 3 rings (SSSR count). The van der Waals surface area contributed by atoms with Crippen LogP contribution in [0, 0.1) is 5.92 Å². The molecule has 184 valence electrons. The average molecular weight is 489 g/mol. The van der Waals surface area contributed by atoms with Crippen molar-refractivity contribution in [2.24, 2.45) is 5.92 Å². The molecule has 2 aromatic carbocycles. The molecule has 7 nitrogen and oxygen atoms in total. The quantitative estimate of drug-likeness (QED) is 0.529. The number of carboxylic acid groups (broad SMARTS) is 2. The summed E-state index contributed by atoms with van der Waals surface area (Å²) in [7, 11) is 0. The Hall–Kier alpha value is -2.90. The molecule has 0 spiro atoms. The minimum Gasteiger partial charge on any atom is -0.473 e. The summed E-state index contributed by atoms with van der Waals surface area (Å²) in [6, 6.07) is 18.4. The van der Waals surface area contributed by atoms with Crippen molar-refractivity contribution in [1.82, 2.24) is 9.80 Å². The lowest BCUT2D eigenvalue weighted by Gasteiger charge is -2.34. The third-order valence-corrected chi connectivity index (χ3v) is 6.15. The molecule has 2 N–H and O–H groups in total. The standard InChI is InChI=1S/C24H31ClN2O.C2H2O4/c1-2-3-15-27(18-20-9-5-4-6-10-20)24(28)21-13-16-26(17-14-21)19-22-11-7-8-12-23(22)25;3-1(4)2(5)6/h4-12,21H,2-3,13-19H2,1H3;(H,3,4)(H,5,6). The van der Waals surface area contributed by atoms with Crippen LogP contribution in [0.15, 0.2) is 54.6 Å². The number of likely N-dealkylation sites (tertiary alicyclic amines) is 1. The van der Waals surface area contributed by atoms with Gasteiger partial charge in [-0.3, -0.25) is 9.69 Å². The van der Waals surface area contributed by atoms with Gasteiger partial charge < -0.3 is 15.1 Å². The Kier molecular flexibility index (Phi) is 11.6. The molecular formula is C26H33ClN2O5. The second kappa shape index (κ2) is 14.4. The molecule has 1 aliphatic rings. The van der Waals surface area contributed by atoms with Crippen LogP contribution in [0.2, 0.25) is 5.02 Å². The lowest BCUT2D eigenvalue weighted by molar-refractivity contribution is -0.159. The Bertz CT molecular complexity index is 918.